The van der Waals surface area contributed by atoms with Crippen LogP contribution in [0, 0.1) is 46.3 Å². The van der Waals surface area contributed by atoms with Crippen molar-refractivity contribution in [2.75, 3.05) is 0 Å². The largest absolute Gasteiger partial charge is 0.481 e. The Morgan fingerprint density at radius 2 is 1.71 bits per heavy atom. The number of aliphatic carboxylic acids is 1. The van der Waals surface area contributed by atoms with E-state index in [1.54, 1.807) is 0 Å². The van der Waals surface area contributed by atoms with Crippen LogP contribution in [-0.2, 0) is 14.3 Å². The quantitative estimate of drug-likeness (QED) is 0.592. The molecule has 0 bridgehead atoms. The molecule has 4 rings (SSSR count). The van der Waals surface area contributed by atoms with Crippen molar-refractivity contribution in [1.29, 1.82) is 0 Å². The number of ether oxygens (including phenoxy) is 1. The first-order valence-corrected chi connectivity index (χ1v) is 12.6. The number of carbonyl (C=O) groups excluding carboxylic acids is 1. The van der Waals surface area contributed by atoms with E-state index >= 15 is 0 Å². The van der Waals surface area contributed by atoms with Crippen LogP contribution >= 0.6 is 0 Å². The lowest BCUT2D eigenvalue weighted by molar-refractivity contribution is -0.194. The van der Waals surface area contributed by atoms with Crippen molar-refractivity contribution in [2.45, 2.75) is 104 Å². The first kappa shape index (κ1) is 23.1. The van der Waals surface area contributed by atoms with Gasteiger partial charge in [0.2, 0.25) is 0 Å². The summed E-state index contributed by atoms with van der Waals surface area (Å²) in [5.41, 5.74) is 0.434. The third-order valence-electron chi connectivity index (χ3n) is 10.5. The average molecular weight is 435 g/mol. The van der Waals surface area contributed by atoms with Gasteiger partial charge in [-0.1, -0.05) is 20.8 Å². The molecule has 5 heteroatoms. The zero-order valence-corrected chi connectivity index (χ0v) is 19.8. The lowest BCUT2D eigenvalue weighted by Gasteiger charge is -2.62. The standard InChI is InChI=1S/C26H42O5/c1-15(5-8-23(29)30)19-6-7-20-24-21(10-12-26(19,20)4)25(3)11-9-18(28)13-17(25)14-22(24)31-16(2)27/h15,17-22,24,28H,5-14H2,1-4H3,(H,29,30)/t15-,17+,18-,19-,20+,21+,22+,24+,25+,26-/m1/s1. The monoisotopic (exact) mass is 434 g/mol. The van der Waals surface area contributed by atoms with Gasteiger partial charge in [-0.15, -0.1) is 0 Å². The highest BCUT2D eigenvalue weighted by Gasteiger charge is 2.63. The summed E-state index contributed by atoms with van der Waals surface area (Å²) in [6.45, 7) is 8.69. The van der Waals surface area contributed by atoms with Crippen molar-refractivity contribution in [1.82, 2.24) is 0 Å². The van der Waals surface area contributed by atoms with Crippen molar-refractivity contribution in [3.05, 3.63) is 0 Å². The molecule has 0 amide bonds. The van der Waals surface area contributed by atoms with E-state index < -0.39 is 5.97 Å². The zero-order chi connectivity index (χ0) is 22.6. The fourth-order valence-corrected chi connectivity index (χ4v) is 9.04. The molecular formula is C26H42O5. The van der Waals surface area contributed by atoms with Gasteiger partial charge < -0.3 is 14.9 Å². The van der Waals surface area contributed by atoms with E-state index in [0.717, 1.165) is 38.5 Å². The minimum absolute atomic E-state index is 0.0384. The van der Waals surface area contributed by atoms with Gasteiger partial charge in [0.25, 0.3) is 0 Å². The highest BCUT2D eigenvalue weighted by atomic mass is 16.5. The maximum atomic E-state index is 12.1. The van der Waals surface area contributed by atoms with Crippen LogP contribution in [0.2, 0.25) is 0 Å². The summed E-state index contributed by atoms with van der Waals surface area (Å²) >= 11 is 0. The Kier molecular flexibility index (Phi) is 6.22. The zero-order valence-electron chi connectivity index (χ0n) is 19.8. The number of carbonyl (C=O) groups is 2. The SMILES string of the molecule is CC(=O)O[C@H]1C[C@@H]2C[C@H](O)CC[C@]2(C)[C@H]2CC[C@]3(C)[C@@H]([C@H](C)CCC(=O)O)CC[C@H]3[C@H]12. The van der Waals surface area contributed by atoms with E-state index in [2.05, 4.69) is 20.8 Å². The van der Waals surface area contributed by atoms with Crippen LogP contribution in [0.5, 0.6) is 0 Å². The molecule has 0 aliphatic heterocycles. The van der Waals surface area contributed by atoms with Crippen LogP contribution in [0.15, 0.2) is 0 Å². The minimum atomic E-state index is -0.698. The minimum Gasteiger partial charge on any atom is -0.481 e. The number of rotatable bonds is 5. The van der Waals surface area contributed by atoms with Gasteiger partial charge in [0.15, 0.2) is 0 Å². The molecule has 0 aromatic carbocycles. The summed E-state index contributed by atoms with van der Waals surface area (Å²) in [5, 5.41) is 19.5. The van der Waals surface area contributed by atoms with E-state index in [-0.39, 0.29) is 35.4 Å². The normalized spacial score (nSPS) is 47.6. The Hall–Kier alpha value is -1.10. The molecule has 2 N–H and O–H groups in total. The fourth-order valence-electron chi connectivity index (χ4n) is 9.04. The van der Waals surface area contributed by atoms with E-state index in [0.29, 0.717) is 35.5 Å². The summed E-state index contributed by atoms with van der Waals surface area (Å²) < 4.78 is 6.02. The van der Waals surface area contributed by atoms with Crippen LogP contribution in [0.25, 0.3) is 0 Å². The predicted octanol–water partition coefficient (Wildman–Crippen LogP) is 5.05. The summed E-state index contributed by atoms with van der Waals surface area (Å²) in [6, 6.07) is 0. The second-order valence-electron chi connectivity index (χ2n) is 11.9. The van der Waals surface area contributed by atoms with Gasteiger partial charge in [-0.2, -0.15) is 0 Å². The Labute approximate surface area is 187 Å². The van der Waals surface area contributed by atoms with Gasteiger partial charge in [0.05, 0.1) is 6.10 Å². The van der Waals surface area contributed by atoms with Crippen molar-refractivity contribution < 1.29 is 24.5 Å². The van der Waals surface area contributed by atoms with Crippen molar-refractivity contribution in [2.24, 2.45) is 46.3 Å². The topological polar surface area (TPSA) is 83.8 Å². The summed E-state index contributed by atoms with van der Waals surface area (Å²) in [6.07, 6.45) is 9.14. The summed E-state index contributed by atoms with van der Waals surface area (Å²) in [5.74, 6) is 2.00. The average Bonchev–Trinajstić information content (AvgIpc) is 3.04. The molecule has 4 fully saturated rings. The molecule has 0 unspecified atom stereocenters. The Morgan fingerprint density at radius 1 is 1.03 bits per heavy atom. The number of hydrogen-bond donors (Lipinski definition) is 2. The molecule has 4 saturated carbocycles. The number of carboxylic acid groups (broad SMARTS) is 1. The van der Waals surface area contributed by atoms with E-state index in [4.69, 9.17) is 9.84 Å². The molecule has 4 aliphatic rings. The Bertz CT molecular complexity index is 706. The van der Waals surface area contributed by atoms with Crippen molar-refractivity contribution in [3.8, 4) is 0 Å². The molecule has 176 valence electrons. The smallest absolute Gasteiger partial charge is 0.303 e. The number of carboxylic acids is 1. The maximum Gasteiger partial charge on any atom is 0.303 e. The third-order valence-corrected chi connectivity index (χ3v) is 10.5. The van der Waals surface area contributed by atoms with Crippen molar-refractivity contribution in [3.63, 3.8) is 0 Å². The number of aliphatic hydroxyl groups excluding tert-OH is 1. The van der Waals surface area contributed by atoms with Crippen LogP contribution in [0.1, 0.15) is 91.9 Å². The molecule has 0 aromatic heterocycles. The van der Waals surface area contributed by atoms with Gasteiger partial charge in [-0.05, 0) is 98.2 Å². The number of aliphatic hydroxyl groups is 1. The second kappa shape index (κ2) is 8.35. The Balaban J connectivity index is 1.62. The summed E-state index contributed by atoms with van der Waals surface area (Å²) in [4.78, 5) is 23.2. The van der Waals surface area contributed by atoms with Crippen molar-refractivity contribution >= 4 is 11.9 Å². The van der Waals surface area contributed by atoms with Gasteiger partial charge in [0, 0.05) is 19.3 Å². The molecule has 0 radical (unpaired) electrons. The molecule has 0 saturated heterocycles. The van der Waals surface area contributed by atoms with Crippen LogP contribution in [-0.4, -0.2) is 34.4 Å². The van der Waals surface area contributed by atoms with E-state index in [1.807, 2.05) is 0 Å². The van der Waals surface area contributed by atoms with Gasteiger partial charge in [-0.25, -0.2) is 0 Å². The lowest BCUT2D eigenvalue weighted by atomic mass is 9.43. The van der Waals surface area contributed by atoms with Crippen LogP contribution in [0.4, 0.5) is 0 Å². The molecule has 0 heterocycles. The molecule has 10 atom stereocenters. The van der Waals surface area contributed by atoms with Crippen LogP contribution in [0.3, 0.4) is 0 Å². The van der Waals surface area contributed by atoms with Crippen LogP contribution < -0.4 is 0 Å². The molecule has 4 aliphatic carbocycles. The van der Waals surface area contributed by atoms with E-state index in [9.17, 15) is 14.7 Å². The first-order chi connectivity index (χ1) is 14.6. The molecule has 0 aromatic rings. The number of fused-ring (bicyclic) bond motifs is 5. The summed E-state index contributed by atoms with van der Waals surface area (Å²) in [7, 11) is 0. The highest BCUT2D eigenvalue weighted by Crippen LogP contribution is 2.68. The molecule has 31 heavy (non-hydrogen) atoms. The third kappa shape index (κ3) is 3.94. The Morgan fingerprint density at radius 3 is 2.39 bits per heavy atom. The van der Waals surface area contributed by atoms with Gasteiger partial charge >= 0.3 is 11.9 Å². The first-order valence-electron chi connectivity index (χ1n) is 12.6. The highest BCUT2D eigenvalue weighted by molar-refractivity contribution is 5.66. The van der Waals surface area contributed by atoms with Gasteiger partial charge in [-0.3, -0.25) is 9.59 Å². The second-order valence-corrected chi connectivity index (χ2v) is 11.9. The maximum absolute atomic E-state index is 12.1. The van der Waals surface area contributed by atoms with E-state index in [1.165, 1.54) is 26.2 Å². The number of esters is 1. The molecular weight excluding hydrogens is 392 g/mol. The molecule has 0 spiro atoms. The predicted molar refractivity (Wildman–Crippen MR) is 118 cm³/mol. The lowest BCUT2D eigenvalue weighted by Crippen LogP contribution is -2.59. The molecule has 5 nitrogen and oxygen atoms in total. The number of hydrogen-bond acceptors (Lipinski definition) is 4. The van der Waals surface area contributed by atoms with Gasteiger partial charge in [0.1, 0.15) is 6.10 Å². The fraction of sp³-hybridized carbons (Fsp3) is 0.923.